The highest BCUT2D eigenvalue weighted by Gasteiger charge is 2.49. The molecule has 2 fully saturated rings. The molecule has 0 unspecified atom stereocenters. The van der Waals surface area contributed by atoms with Gasteiger partial charge in [0, 0.05) is 25.9 Å². The average Bonchev–Trinajstić information content (AvgIpc) is 3.21. The molecule has 2 heterocycles. The number of rotatable bonds is 5. The lowest BCUT2D eigenvalue weighted by Gasteiger charge is -2.21. The molecule has 1 aromatic carbocycles. The Labute approximate surface area is 153 Å². The fourth-order valence-corrected chi connectivity index (χ4v) is 4.91. The molecule has 1 saturated heterocycles. The summed E-state index contributed by atoms with van der Waals surface area (Å²) in [6.45, 7) is 3.17. The van der Waals surface area contributed by atoms with Gasteiger partial charge >= 0.3 is 0 Å². The van der Waals surface area contributed by atoms with Crippen LogP contribution in [0.1, 0.15) is 31.2 Å². The summed E-state index contributed by atoms with van der Waals surface area (Å²) >= 11 is 0. The van der Waals surface area contributed by atoms with E-state index in [0.717, 1.165) is 5.56 Å². The number of hydrogen-bond acceptors (Lipinski definition) is 5. The van der Waals surface area contributed by atoms with Gasteiger partial charge in [-0.2, -0.15) is 4.31 Å². The average molecular weight is 377 g/mol. The highest BCUT2D eigenvalue weighted by Crippen LogP contribution is 2.36. The summed E-state index contributed by atoms with van der Waals surface area (Å²) in [6, 6.07) is 6.82. The Morgan fingerprint density at radius 3 is 2.77 bits per heavy atom. The van der Waals surface area contributed by atoms with E-state index in [0.29, 0.717) is 37.6 Å². The number of sulfonamides is 1. The van der Waals surface area contributed by atoms with Gasteiger partial charge in [0.2, 0.25) is 10.0 Å². The highest BCUT2D eigenvalue weighted by atomic mass is 32.2. The van der Waals surface area contributed by atoms with Crippen LogP contribution in [-0.2, 0) is 19.7 Å². The molecule has 2 aliphatic heterocycles. The monoisotopic (exact) mass is 377 g/mol. The second-order valence-corrected chi connectivity index (χ2v) is 9.48. The predicted molar refractivity (Wildman–Crippen MR) is 96.2 cm³/mol. The zero-order chi connectivity index (χ0) is 18.4. The molecule has 3 aliphatic rings. The normalized spacial score (nSPS) is 26.0. The van der Waals surface area contributed by atoms with Crippen LogP contribution in [0.3, 0.4) is 0 Å². The Bertz CT molecular complexity index is 846. The Kier molecular flexibility index (Phi) is 4.27. The van der Waals surface area contributed by atoms with E-state index >= 15 is 0 Å². The number of nitrogens with one attached hydrogen (secondary N) is 1. The molecule has 1 aromatic rings. The minimum Gasteiger partial charge on any atom is -0.387 e. The van der Waals surface area contributed by atoms with E-state index in [1.165, 1.54) is 17.1 Å². The topological polar surface area (TPSA) is 88.1 Å². The van der Waals surface area contributed by atoms with E-state index < -0.39 is 15.6 Å². The first kappa shape index (κ1) is 17.5. The standard InChI is InChI=1S/C18H23N3O4S/c1-13-2-6-15(7-3-13)26(23,24)21-9-8-18(12-21)10-16(20-25-18)17(22)19-11-14-4-5-14/h2-3,6-7,14H,4-5,8-12H2,1H3,(H,19,22)/t18-/m1/s1. The lowest BCUT2D eigenvalue weighted by Crippen LogP contribution is -2.38. The quantitative estimate of drug-likeness (QED) is 0.841. The minimum atomic E-state index is -3.57. The van der Waals surface area contributed by atoms with Gasteiger partial charge < -0.3 is 10.2 Å². The van der Waals surface area contributed by atoms with E-state index in [4.69, 9.17) is 4.84 Å². The van der Waals surface area contributed by atoms with Gasteiger partial charge in [-0.05, 0) is 37.8 Å². The number of aryl methyl sites for hydroxylation is 1. The molecule has 26 heavy (non-hydrogen) atoms. The molecular weight excluding hydrogens is 354 g/mol. The molecule has 1 amide bonds. The molecule has 1 saturated carbocycles. The molecule has 140 valence electrons. The van der Waals surface area contributed by atoms with Crippen molar-refractivity contribution in [3.8, 4) is 0 Å². The van der Waals surface area contributed by atoms with Crippen LogP contribution in [-0.4, -0.2) is 49.6 Å². The number of hydrogen-bond donors (Lipinski definition) is 1. The van der Waals surface area contributed by atoms with Crippen LogP contribution in [0.2, 0.25) is 0 Å². The van der Waals surface area contributed by atoms with Crippen molar-refractivity contribution in [2.45, 2.75) is 43.1 Å². The number of amides is 1. The number of benzene rings is 1. The van der Waals surface area contributed by atoms with Gasteiger partial charge in [0.1, 0.15) is 5.71 Å². The van der Waals surface area contributed by atoms with E-state index in [1.54, 1.807) is 24.3 Å². The van der Waals surface area contributed by atoms with E-state index in [2.05, 4.69) is 10.5 Å². The third kappa shape index (κ3) is 3.35. The maximum Gasteiger partial charge on any atom is 0.269 e. The molecule has 7 nitrogen and oxygen atoms in total. The van der Waals surface area contributed by atoms with Crippen LogP contribution in [0, 0.1) is 12.8 Å². The SMILES string of the molecule is Cc1ccc(S(=O)(=O)N2CC[C@@]3(CC(C(=O)NCC4CC4)=NO3)C2)cc1. The van der Waals surface area contributed by atoms with Crippen molar-refractivity contribution in [2.75, 3.05) is 19.6 Å². The summed E-state index contributed by atoms with van der Waals surface area (Å²) in [4.78, 5) is 18.0. The number of carbonyl (C=O) groups excluding carboxylic acids is 1. The molecule has 1 atom stereocenters. The number of oxime groups is 1. The van der Waals surface area contributed by atoms with E-state index in [-0.39, 0.29) is 17.3 Å². The third-order valence-corrected chi connectivity index (χ3v) is 7.15. The summed E-state index contributed by atoms with van der Waals surface area (Å²) in [5, 5.41) is 6.84. The van der Waals surface area contributed by atoms with Crippen LogP contribution in [0.4, 0.5) is 0 Å². The van der Waals surface area contributed by atoms with Gasteiger partial charge in [-0.3, -0.25) is 4.79 Å². The number of nitrogens with zero attached hydrogens (tertiary/aromatic N) is 2. The molecule has 0 aromatic heterocycles. The van der Waals surface area contributed by atoms with Gasteiger partial charge in [-0.25, -0.2) is 8.42 Å². The Morgan fingerprint density at radius 1 is 1.35 bits per heavy atom. The predicted octanol–water partition coefficient (Wildman–Crippen LogP) is 1.43. The third-order valence-electron chi connectivity index (χ3n) is 5.29. The summed E-state index contributed by atoms with van der Waals surface area (Å²) < 4.78 is 27.1. The van der Waals surface area contributed by atoms with Crippen molar-refractivity contribution in [1.29, 1.82) is 0 Å². The van der Waals surface area contributed by atoms with E-state index in [9.17, 15) is 13.2 Å². The number of carbonyl (C=O) groups is 1. The van der Waals surface area contributed by atoms with Crippen LogP contribution in [0.15, 0.2) is 34.3 Å². The summed E-state index contributed by atoms with van der Waals surface area (Å²) in [5.74, 6) is 0.395. The van der Waals surface area contributed by atoms with Crippen molar-refractivity contribution >= 4 is 21.6 Å². The van der Waals surface area contributed by atoms with Gasteiger partial charge in [0.15, 0.2) is 5.60 Å². The molecule has 8 heteroatoms. The fraction of sp³-hybridized carbons (Fsp3) is 0.556. The zero-order valence-corrected chi connectivity index (χ0v) is 15.6. The van der Waals surface area contributed by atoms with Crippen LogP contribution >= 0.6 is 0 Å². The molecule has 1 spiro atoms. The molecule has 4 rings (SSSR count). The Balaban J connectivity index is 1.40. The fourth-order valence-electron chi connectivity index (χ4n) is 3.40. The van der Waals surface area contributed by atoms with Gasteiger partial charge in [-0.15, -0.1) is 0 Å². The largest absolute Gasteiger partial charge is 0.387 e. The maximum atomic E-state index is 12.8. The first-order chi connectivity index (χ1) is 12.4. The molecule has 1 aliphatic carbocycles. The molecule has 0 radical (unpaired) electrons. The van der Waals surface area contributed by atoms with Gasteiger partial charge in [-0.1, -0.05) is 22.9 Å². The van der Waals surface area contributed by atoms with E-state index in [1.807, 2.05) is 6.92 Å². The van der Waals surface area contributed by atoms with Crippen LogP contribution < -0.4 is 5.32 Å². The molecule has 1 N–H and O–H groups in total. The Morgan fingerprint density at radius 2 is 2.08 bits per heavy atom. The first-order valence-electron chi connectivity index (χ1n) is 8.98. The smallest absolute Gasteiger partial charge is 0.269 e. The van der Waals surface area contributed by atoms with Crippen molar-refractivity contribution in [2.24, 2.45) is 11.1 Å². The minimum absolute atomic E-state index is 0.200. The highest BCUT2D eigenvalue weighted by molar-refractivity contribution is 7.89. The van der Waals surface area contributed by atoms with Crippen LogP contribution in [0.25, 0.3) is 0 Å². The van der Waals surface area contributed by atoms with Gasteiger partial charge in [0.05, 0.1) is 11.4 Å². The van der Waals surface area contributed by atoms with Crippen molar-refractivity contribution in [3.05, 3.63) is 29.8 Å². The maximum absolute atomic E-state index is 12.8. The summed E-state index contributed by atoms with van der Waals surface area (Å²) in [6.07, 6.45) is 3.21. The zero-order valence-electron chi connectivity index (χ0n) is 14.8. The lowest BCUT2D eigenvalue weighted by atomic mass is 9.96. The summed E-state index contributed by atoms with van der Waals surface area (Å²) in [5.41, 5.74) is 0.653. The van der Waals surface area contributed by atoms with Gasteiger partial charge in [0.25, 0.3) is 5.91 Å². The lowest BCUT2D eigenvalue weighted by molar-refractivity contribution is -0.115. The van der Waals surface area contributed by atoms with Crippen LogP contribution in [0.5, 0.6) is 0 Å². The van der Waals surface area contributed by atoms with Crippen molar-refractivity contribution in [3.63, 3.8) is 0 Å². The van der Waals surface area contributed by atoms with Crippen molar-refractivity contribution < 1.29 is 18.0 Å². The molecule has 0 bridgehead atoms. The Hall–Kier alpha value is -1.93. The molecular formula is C18H23N3O4S. The first-order valence-corrected chi connectivity index (χ1v) is 10.4. The van der Waals surface area contributed by atoms with Crippen molar-refractivity contribution in [1.82, 2.24) is 9.62 Å². The second-order valence-electron chi connectivity index (χ2n) is 7.54. The second kappa shape index (κ2) is 6.35. The summed E-state index contributed by atoms with van der Waals surface area (Å²) in [7, 11) is -3.57.